The smallest absolute Gasteiger partial charge is 0.426 e. The molecular weight excluding hydrogens is 295 g/mol. The Morgan fingerprint density at radius 3 is 2.52 bits per heavy atom. The van der Waals surface area contributed by atoms with Crippen LogP contribution in [0.3, 0.4) is 0 Å². The highest BCUT2D eigenvalue weighted by molar-refractivity contribution is 6.43. The molecule has 0 aromatic rings. The second kappa shape index (κ2) is 5.44. The molecule has 1 saturated heterocycles. The molecule has 128 valence electrons. The van der Waals surface area contributed by atoms with Crippen molar-refractivity contribution in [2.75, 3.05) is 13.1 Å². The summed E-state index contributed by atoms with van der Waals surface area (Å²) in [6, 6.07) is 0. The van der Waals surface area contributed by atoms with Crippen molar-refractivity contribution >= 4 is 13.0 Å². The maximum atomic E-state index is 12.5. The molecular formula is C16H27BN2O4. The van der Waals surface area contributed by atoms with Crippen LogP contribution in [0, 0.1) is 11.8 Å². The summed E-state index contributed by atoms with van der Waals surface area (Å²) in [5.41, 5.74) is -0.626. The zero-order chi connectivity index (χ0) is 16.2. The number of hydrogen-bond acceptors (Lipinski definition) is 5. The number of rotatable bonds is 4. The summed E-state index contributed by atoms with van der Waals surface area (Å²) in [6.45, 7) is 0.837. The van der Waals surface area contributed by atoms with Crippen molar-refractivity contribution in [1.29, 1.82) is 0 Å². The van der Waals surface area contributed by atoms with Crippen molar-refractivity contribution < 1.29 is 19.9 Å². The van der Waals surface area contributed by atoms with Gasteiger partial charge in [0.25, 0.3) is 0 Å². The average molecular weight is 322 g/mol. The van der Waals surface area contributed by atoms with Gasteiger partial charge in [-0.1, -0.05) is 0 Å². The van der Waals surface area contributed by atoms with E-state index in [9.17, 15) is 19.9 Å². The van der Waals surface area contributed by atoms with E-state index in [0.717, 1.165) is 38.5 Å². The molecule has 5 rings (SSSR count). The second-order valence-corrected chi connectivity index (χ2v) is 8.53. The molecule has 4 aliphatic carbocycles. The fraction of sp³-hybridized carbons (Fsp3) is 0.938. The lowest BCUT2D eigenvalue weighted by atomic mass is 9.51. The number of likely N-dealkylation sites (tertiary alicyclic amines) is 1. The Kier molecular flexibility index (Phi) is 3.76. The first-order valence-electron chi connectivity index (χ1n) is 9.01. The van der Waals surface area contributed by atoms with Gasteiger partial charge < -0.3 is 25.4 Å². The zero-order valence-electron chi connectivity index (χ0n) is 13.6. The minimum atomic E-state index is -1.46. The molecule has 5 aliphatic rings. The Morgan fingerprint density at radius 2 is 1.91 bits per heavy atom. The van der Waals surface area contributed by atoms with E-state index in [-0.39, 0.29) is 18.0 Å². The highest BCUT2D eigenvalue weighted by Crippen LogP contribution is 2.57. The van der Waals surface area contributed by atoms with E-state index in [0.29, 0.717) is 24.8 Å². The van der Waals surface area contributed by atoms with Gasteiger partial charge in [-0.25, -0.2) is 0 Å². The predicted octanol–water partition coefficient (Wildman–Crippen LogP) is -0.337. The van der Waals surface area contributed by atoms with Crippen LogP contribution in [0.5, 0.6) is 0 Å². The van der Waals surface area contributed by atoms with E-state index in [1.165, 1.54) is 6.42 Å². The Balaban J connectivity index is 1.40. The maximum absolute atomic E-state index is 12.5. The molecule has 4 bridgehead atoms. The lowest BCUT2D eigenvalue weighted by molar-refractivity contribution is -0.147. The number of hydrogen-bond donors (Lipinski definition) is 4. The van der Waals surface area contributed by atoms with Crippen molar-refractivity contribution in [1.82, 2.24) is 10.2 Å². The van der Waals surface area contributed by atoms with Crippen LogP contribution in [0.15, 0.2) is 0 Å². The van der Waals surface area contributed by atoms with Gasteiger partial charge in [0.2, 0.25) is 5.91 Å². The normalized spacial score (nSPS) is 44.8. The lowest BCUT2D eigenvalue weighted by Gasteiger charge is -2.60. The van der Waals surface area contributed by atoms with Gasteiger partial charge in [0.05, 0.1) is 18.1 Å². The molecule has 23 heavy (non-hydrogen) atoms. The summed E-state index contributed by atoms with van der Waals surface area (Å²) in [6.07, 6.45) is 7.42. The third kappa shape index (κ3) is 2.82. The van der Waals surface area contributed by atoms with Gasteiger partial charge in [-0.3, -0.25) is 4.79 Å². The summed E-state index contributed by atoms with van der Waals surface area (Å²) in [7, 11) is -1.46. The third-order valence-electron chi connectivity index (χ3n) is 6.61. The second-order valence-electron chi connectivity index (χ2n) is 8.53. The molecule has 1 aliphatic heterocycles. The standard InChI is InChI=1S/C16H27BN2O4/c20-14(19-3-1-2-13(19)17(22)23)9-18-15-5-11-4-12(6-15)8-16(21,7-11)10-15/h11-13,18,21-23H,1-10H2/t11?,12?,13-,15?,16?/m0/s1. The Labute approximate surface area is 137 Å². The fourth-order valence-electron chi connectivity index (χ4n) is 6.20. The predicted molar refractivity (Wildman–Crippen MR) is 85.3 cm³/mol. The Hall–Kier alpha value is -0.625. The molecule has 4 saturated carbocycles. The first-order valence-corrected chi connectivity index (χ1v) is 9.01. The molecule has 4 N–H and O–H groups in total. The third-order valence-corrected chi connectivity index (χ3v) is 6.61. The zero-order valence-corrected chi connectivity index (χ0v) is 13.6. The number of nitrogens with one attached hydrogen (secondary N) is 1. The molecule has 1 amide bonds. The van der Waals surface area contributed by atoms with E-state index in [1.807, 2.05) is 0 Å². The van der Waals surface area contributed by atoms with Crippen LogP contribution < -0.4 is 5.32 Å². The topological polar surface area (TPSA) is 93.0 Å². The van der Waals surface area contributed by atoms with E-state index < -0.39 is 18.7 Å². The molecule has 3 atom stereocenters. The molecule has 0 aromatic carbocycles. The van der Waals surface area contributed by atoms with E-state index in [4.69, 9.17) is 0 Å². The molecule has 7 heteroatoms. The number of nitrogens with zero attached hydrogens (tertiary/aromatic N) is 1. The van der Waals surface area contributed by atoms with Crippen LogP contribution in [-0.4, -0.2) is 63.3 Å². The maximum Gasteiger partial charge on any atom is 0.475 e. The van der Waals surface area contributed by atoms with Crippen LogP contribution in [0.25, 0.3) is 0 Å². The number of carbonyl (C=O) groups is 1. The molecule has 5 fully saturated rings. The minimum absolute atomic E-state index is 0.0525. The summed E-state index contributed by atoms with van der Waals surface area (Å²) in [5, 5.41) is 33.1. The fourth-order valence-corrected chi connectivity index (χ4v) is 6.20. The van der Waals surface area contributed by atoms with Gasteiger partial charge in [-0.2, -0.15) is 0 Å². The van der Waals surface area contributed by atoms with Gasteiger partial charge in [-0.05, 0) is 63.2 Å². The van der Waals surface area contributed by atoms with Crippen LogP contribution in [0.2, 0.25) is 0 Å². The van der Waals surface area contributed by atoms with E-state index in [1.54, 1.807) is 4.90 Å². The monoisotopic (exact) mass is 322 g/mol. The molecule has 0 radical (unpaired) electrons. The first-order chi connectivity index (χ1) is 10.9. The largest absolute Gasteiger partial charge is 0.475 e. The highest BCUT2D eigenvalue weighted by Gasteiger charge is 2.57. The first kappa shape index (κ1) is 15.9. The minimum Gasteiger partial charge on any atom is -0.426 e. The van der Waals surface area contributed by atoms with Crippen LogP contribution >= 0.6 is 0 Å². The van der Waals surface area contributed by atoms with Crippen molar-refractivity contribution in [3.8, 4) is 0 Å². The molecule has 0 spiro atoms. The van der Waals surface area contributed by atoms with E-state index >= 15 is 0 Å². The Bertz CT molecular complexity index is 486. The van der Waals surface area contributed by atoms with Crippen molar-refractivity contribution in [3.05, 3.63) is 0 Å². The SMILES string of the molecule is O=C(CNC12CC3CC(CC(O)(C3)C1)C2)N1CCC[C@H]1B(O)O. The average Bonchev–Trinajstić information content (AvgIpc) is 2.91. The molecule has 1 heterocycles. The van der Waals surface area contributed by atoms with Crippen molar-refractivity contribution in [3.63, 3.8) is 0 Å². The van der Waals surface area contributed by atoms with Gasteiger partial charge >= 0.3 is 7.12 Å². The van der Waals surface area contributed by atoms with Gasteiger partial charge in [-0.15, -0.1) is 0 Å². The number of carbonyl (C=O) groups excluding carboxylic acids is 1. The van der Waals surface area contributed by atoms with Crippen molar-refractivity contribution in [2.24, 2.45) is 11.8 Å². The molecule has 2 unspecified atom stereocenters. The quantitative estimate of drug-likeness (QED) is 0.532. The number of amides is 1. The summed E-state index contributed by atoms with van der Waals surface area (Å²) < 4.78 is 0. The van der Waals surface area contributed by atoms with Crippen LogP contribution in [0.1, 0.15) is 51.4 Å². The summed E-state index contributed by atoms with van der Waals surface area (Å²) in [5.74, 6) is 0.651. The van der Waals surface area contributed by atoms with Gasteiger partial charge in [0, 0.05) is 12.1 Å². The van der Waals surface area contributed by atoms with Gasteiger partial charge in [0.1, 0.15) is 0 Å². The lowest BCUT2D eigenvalue weighted by Crippen LogP contribution is -2.65. The van der Waals surface area contributed by atoms with E-state index in [2.05, 4.69) is 5.32 Å². The van der Waals surface area contributed by atoms with Gasteiger partial charge in [0.15, 0.2) is 0 Å². The van der Waals surface area contributed by atoms with Crippen LogP contribution in [0.4, 0.5) is 0 Å². The highest BCUT2D eigenvalue weighted by atomic mass is 16.4. The molecule has 6 nitrogen and oxygen atoms in total. The Morgan fingerprint density at radius 1 is 1.22 bits per heavy atom. The summed E-state index contributed by atoms with van der Waals surface area (Å²) >= 11 is 0. The van der Waals surface area contributed by atoms with Crippen molar-refractivity contribution in [2.45, 2.75) is 68.4 Å². The molecule has 0 aromatic heterocycles. The van der Waals surface area contributed by atoms with Crippen LogP contribution in [-0.2, 0) is 4.79 Å². The summed E-state index contributed by atoms with van der Waals surface area (Å²) in [4.78, 5) is 14.1. The number of aliphatic hydroxyl groups is 1.